The molecule has 154 valence electrons. The van der Waals surface area contributed by atoms with Crippen LogP contribution in [0.3, 0.4) is 0 Å². The first-order valence-corrected chi connectivity index (χ1v) is 10.9. The number of piperidine rings is 1. The van der Waals surface area contributed by atoms with Crippen molar-refractivity contribution >= 4 is 27.7 Å². The molecular formula is C22H25BrN2O4. The maximum atomic E-state index is 12.8. The fraction of sp³-hybridized carbons (Fsp3) is 0.455. The number of carbonyl (C=O) groups excluding carboxylic acids is 2. The highest BCUT2D eigenvalue weighted by Crippen LogP contribution is 2.41. The van der Waals surface area contributed by atoms with Gasteiger partial charge in [0.2, 0.25) is 0 Å². The zero-order chi connectivity index (χ0) is 20.4. The van der Waals surface area contributed by atoms with E-state index < -0.39 is 0 Å². The second kappa shape index (κ2) is 8.22. The molecule has 2 fully saturated rings. The second-order valence-electron chi connectivity index (χ2n) is 7.83. The Labute approximate surface area is 178 Å². The van der Waals surface area contributed by atoms with Crippen molar-refractivity contribution in [2.24, 2.45) is 5.41 Å². The number of likely N-dealkylation sites (tertiary alicyclic amines) is 2. The average molecular weight is 461 g/mol. The van der Waals surface area contributed by atoms with E-state index in [2.05, 4.69) is 15.9 Å². The van der Waals surface area contributed by atoms with Gasteiger partial charge in [-0.1, -0.05) is 0 Å². The number of amides is 2. The molecular weight excluding hydrogens is 436 g/mol. The summed E-state index contributed by atoms with van der Waals surface area (Å²) in [4.78, 5) is 29.3. The van der Waals surface area contributed by atoms with Crippen molar-refractivity contribution in [1.29, 1.82) is 0 Å². The summed E-state index contributed by atoms with van der Waals surface area (Å²) < 4.78 is 11.4. The molecule has 7 heteroatoms. The lowest BCUT2D eigenvalue weighted by molar-refractivity contribution is 0.0559. The molecule has 29 heavy (non-hydrogen) atoms. The zero-order valence-corrected chi connectivity index (χ0v) is 18.1. The minimum Gasteiger partial charge on any atom is -0.494 e. The minimum absolute atomic E-state index is 0.0551. The maximum Gasteiger partial charge on any atom is 0.289 e. The van der Waals surface area contributed by atoms with E-state index in [1.807, 2.05) is 41.0 Å². The monoisotopic (exact) mass is 460 g/mol. The van der Waals surface area contributed by atoms with Crippen LogP contribution >= 0.6 is 15.9 Å². The smallest absolute Gasteiger partial charge is 0.289 e. The van der Waals surface area contributed by atoms with Crippen molar-refractivity contribution in [3.63, 3.8) is 0 Å². The third-order valence-electron chi connectivity index (χ3n) is 6.03. The van der Waals surface area contributed by atoms with Crippen LogP contribution in [0.2, 0.25) is 0 Å². The summed E-state index contributed by atoms with van der Waals surface area (Å²) in [6.07, 6.45) is 2.81. The minimum atomic E-state index is -0.0551. The molecule has 1 spiro atoms. The summed E-state index contributed by atoms with van der Waals surface area (Å²) >= 11 is 3.25. The van der Waals surface area contributed by atoms with Gasteiger partial charge in [0.1, 0.15) is 5.75 Å². The summed E-state index contributed by atoms with van der Waals surface area (Å²) in [5, 5.41) is 0. The van der Waals surface area contributed by atoms with Gasteiger partial charge in [0, 0.05) is 31.7 Å². The SMILES string of the molecule is CCOc1ccc(C(=O)N2CCC3(CC2)CCN(C(=O)c2ccc(Br)o2)C3)cc1. The van der Waals surface area contributed by atoms with Gasteiger partial charge < -0.3 is 19.0 Å². The van der Waals surface area contributed by atoms with Gasteiger partial charge in [-0.3, -0.25) is 9.59 Å². The molecule has 0 aliphatic carbocycles. The molecule has 2 amide bonds. The Morgan fingerprint density at radius 2 is 1.66 bits per heavy atom. The number of furan rings is 1. The topological polar surface area (TPSA) is 63.0 Å². The molecule has 6 nitrogen and oxygen atoms in total. The van der Waals surface area contributed by atoms with Crippen molar-refractivity contribution in [1.82, 2.24) is 9.80 Å². The highest BCUT2D eigenvalue weighted by Gasteiger charge is 2.43. The van der Waals surface area contributed by atoms with Crippen LogP contribution in [0.25, 0.3) is 0 Å². The number of hydrogen-bond acceptors (Lipinski definition) is 4. The van der Waals surface area contributed by atoms with E-state index in [0.29, 0.717) is 22.6 Å². The van der Waals surface area contributed by atoms with Gasteiger partial charge in [-0.25, -0.2) is 0 Å². The quantitative estimate of drug-likeness (QED) is 0.685. The van der Waals surface area contributed by atoms with Crippen LogP contribution in [0.5, 0.6) is 5.75 Å². The van der Waals surface area contributed by atoms with Crippen LogP contribution < -0.4 is 4.74 Å². The summed E-state index contributed by atoms with van der Waals surface area (Å²) in [6.45, 7) is 5.46. The number of rotatable bonds is 4. The molecule has 0 bridgehead atoms. The van der Waals surface area contributed by atoms with Crippen LogP contribution in [0.1, 0.15) is 47.1 Å². The van der Waals surface area contributed by atoms with E-state index in [-0.39, 0.29) is 17.2 Å². The molecule has 0 saturated carbocycles. The molecule has 2 saturated heterocycles. The van der Waals surface area contributed by atoms with E-state index in [0.717, 1.165) is 51.2 Å². The van der Waals surface area contributed by atoms with E-state index in [1.165, 1.54) is 0 Å². The van der Waals surface area contributed by atoms with Crippen LogP contribution in [-0.2, 0) is 0 Å². The van der Waals surface area contributed by atoms with Gasteiger partial charge in [0.05, 0.1) is 6.61 Å². The highest BCUT2D eigenvalue weighted by molar-refractivity contribution is 9.10. The van der Waals surface area contributed by atoms with Crippen LogP contribution in [0.4, 0.5) is 0 Å². The van der Waals surface area contributed by atoms with Crippen molar-refractivity contribution < 1.29 is 18.7 Å². The first-order valence-electron chi connectivity index (χ1n) is 10.1. The largest absolute Gasteiger partial charge is 0.494 e. The summed E-state index contributed by atoms with van der Waals surface area (Å²) in [7, 11) is 0. The third kappa shape index (κ3) is 4.20. The second-order valence-corrected chi connectivity index (χ2v) is 8.61. The Balaban J connectivity index is 1.34. The Bertz CT molecular complexity index is 884. The number of benzene rings is 1. The summed E-state index contributed by atoms with van der Waals surface area (Å²) in [5.41, 5.74) is 0.797. The molecule has 0 unspecified atom stereocenters. The first kappa shape index (κ1) is 20.0. The molecule has 2 aromatic rings. The van der Waals surface area contributed by atoms with Crippen molar-refractivity contribution in [2.45, 2.75) is 26.2 Å². The van der Waals surface area contributed by atoms with Crippen LogP contribution in [0.15, 0.2) is 45.5 Å². The van der Waals surface area contributed by atoms with Gasteiger partial charge in [0.15, 0.2) is 10.4 Å². The van der Waals surface area contributed by atoms with Crippen molar-refractivity contribution in [3.05, 3.63) is 52.4 Å². The Hall–Kier alpha value is -2.28. The van der Waals surface area contributed by atoms with E-state index in [1.54, 1.807) is 12.1 Å². The van der Waals surface area contributed by atoms with Crippen molar-refractivity contribution in [2.75, 3.05) is 32.8 Å². The fourth-order valence-corrected chi connectivity index (χ4v) is 4.64. The van der Waals surface area contributed by atoms with Crippen molar-refractivity contribution in [3.8, 4) is 5.75 Å². The van der Waals surface area contributed by atoms with Gasteiger partial charge in [0.25, 0.3) is 11.8 Å². The normalized spacial score (nSPS) is 18.3. The molecule has 2 aliphatic rings. The third-order valence-corrected chi connectivity index (χ3v) is 6.46. The molecule has 0 N–H and O–H groups in total. The Morgan fingerprint density at radius 3 is 2.24 bits per heavy atom. The summed E-state index contributed by atoms with van der Waals surface area (Å²) in [6, 6.07) is 10.8. The van der Waals surface area contributed by atoms with Gasteiger partial charge in [-0.2, -0.15) is 0 Å². The van der Waals surface area contributed by atoms with Gasteiger partial charge >= 0.3 is 0 Å². The zero-order valence-electron chi connectivity index (χ0n) is 16.5. The standard InChI is InChI=1S/C22H25BrN2O4/c1-2-28-17-5-3-16(4-6-17)20(26)24-12-9-22(10-13-24)11-14-25(15-22)21(27)18-7-8-19(23)29-18/h3-8H,2,9-15H2,1H3. The first-order chi connectivity index (χ1) is 14.0. The van der Waals surface area contributed by atoms with Gasteiger partial charge in [-0.05, 0) is 83.9 Å². The lowest BCUT2D eigenvalue weighted by Crippen LogP contribution is -2.44. The number of carbonyl (C=O) groups is 2. The predicted molar refractivity (Wildman–Crippen MR) is 112 cm³/mol. The molecule has 1 aromatic carbocycles. The number of halogens is 1. The molecule has 1 aromatic heterocycles. The molecule has 4 rings (SSSR count). The lowest BCUT2D eigenvalue weighted by Gasteiger charge is -2.39. The van der Waals surface area contributed by atoms with E-state index >= 15 is 0 Å². The molecule has 3 heterocycles. The van der Waals surface area contributed by atoms with Crippen LogP contribution in [0, 0.1) is 5.41 Å². The molecule has 0 atom stereocenters. The van der Waals surface area contributed by atoms with E-state index in [4.69, 9.17) is 9.15 Å². The number of ether oxygens (including phenoxy) is 1. The Kier molecular flexibility index (Phi) is 5.67. The van der Waals surface area contributed by atoms with E-state index in [9.17, 15) is 9.59 Å². The Morgan fingerprint density at radius 1 is 1.00 bits per heavy atom. The lowest BCUT2D eigenvalue weighted by atomic mass is 9.77. The summed E-state index contributed by atoms with van der Waals surface area (Å²) in [5.74, 6) is 1.16. The predicted octanol–water partition coefficient (Wildman–Crippen LogP) is 4.21. The van der Waals surface area contributed by atoms with Crippen LogP contribution in [-0.4, -0.2) is 54.4 Å². The molecule has 0 radical (unpaired) electrons. The number of nitrogens with zero attached hydrogens (tertiary/aromatic N) is 2. The number of hydrogen-bond donors (Lipinski definition) is 0. The average Bonchev–Trinajstić information content (AvgIpc) is 3.35. The highest BCUT2D eigenvalue weighted by atomic mass is 79.9. The van der Waals surface area contributed by atoms with Gasteiger partial charge in [-0.15, -0.1) is 0 Å². The maximum absolute atomic E-state index is 12.8. The fourth-order valence-electron chi connectivity index (χ4n) is 4.33. The molecule has 2 aliphatic heterocycles.